The number of anilines is 1. The molecule has 3 aromatic carbocycles. The number of para-hydroxylation sites is 1. The van der Waals surface area contributed by atoms with Gasteiger partial charge in [0, 0.05) is 44.0 Å². The SMILES string of the molecule is O=C(Nc1ccccc1)c1cccc(CN2CCN(C(=O)c3ccc(F)cc3Cl)CC2)c1. The summed E-state index contributed by atoms with van der Waals surface area (Å²) in [5.74, 6) is -0.796. The van der Waals surface area contributed by atoms with Crippen LogP contribution in [-0.2, 0) is 6.54 Å². The molecule has 1 aliphatic heterocycles. The summed E-state index contributed by atoms with van der Waals surface area (Å²) in [5.41, 5.74) is 2.71. The number of nitrogens with one attached hydrogen (secondary N) is 1. The third kappa shape index (κ3) is 5.33. The fourth-order valence-corrected chi connectivity index (χ4v) is 3.98. The van der Waals surface area contributed by atoms with Crippen molar-refractivity contribution < 1.29 is 14.0 Å². The Labute approximate surface area is 191 Å². The van der Waals surface area contributed by atoms with Crippen molar-refractivity contribution in [2.24, 2.45) is 0 Å². The van der Waals surface area contributed by atoms with Crippen molar-refractivity contribution in [3.63, 3.8) is 0 Å². The Balaban J connectivity index is 1.33. The van der Waals surface area contributed by atoms with E-state index in [-0.39, 0.29) is 16.8 Å². The third-order valence-electron chi connectivity index (χ3n) is 5.45. The van der Waals surface area contributed by atoms with E-state index in [4.69, 9.17) is 11.6 Å². The van der Waals surface area contributed by atoms with E-state index >= 15 is 0 Å². The highest BCUT2D eigenvalue weighted by Crippen LogP contribution is 2.20. The lowest BCUT2D eigenvalue weighted by molar-refractivity contribution is 0.0628. The first kappa shape index (κ1) is 22.0. The van der Waals surface area contributed by atoms with Gasteiger partial charge >= 0.3 is 0 Å². The normalized spacial score (nSPS) is 14.2. The molecule has 0 radical (unpaired) electrons. The lowest BCUT2D eigenvalue weighted by Gasteiger charge is -2.35. The van der Waals surface area contributed by atoms with Gasteiger partial charge in [-0.25, -0.2) is 4.39 Å². The average molecular weight is 452 g/mol. The van der Waals surface area contributed by atoms with Gasteiger partial charge in [0.05, 0.1) is 10.6 Å². The number of halogens is 2. The molecule has 4 rings (SSSR count). The Kier molecular flexibility index (Phi) is 6.83. The van der Waals surface area contributed by atoms with E-state index < -0.39 is 5.82 Å². The number of piperazine rings is 1. The molecule has 2 amide bonds. The van der Waals surface area contributed by atoms with Crippen LogP contribution in [-0.4, -0.2) is 47.8 Å². The molecule has 0 bridgehead atoms. The molecule has 5 nitrogen and oxygen atoms in total. The van der Waals surface area contributed by atoms with Crippen LogP contribution >= 0.6 is 11.6 Å². The predicted molar refractivity (Wildman–Crippen MR) is 123 cm³/mol. The third-order valence-corrected chi connectivity index (χ3v) is 5.76. The van der Waals surface area contributed by atoms with Crippen LogP contribution in [0.3, 0.4) is 0 Å². The van der Waals surface area contributed by atoms with Crippen LogP contribution in [0.25, 0.3) is 0 Å². The topological polar surface area (TPSA) is 52.7 Å². The molecule has 1 heterocycles. The van der Waals surface area contributed by atoms with Gasteiger partial charge in [0.1, 0.15) is 5.82 Å². The fourth-order valence-electron chi connectivity index (χ4n) is 3.74. The molecule has 32 heavy (non-hydrogen) atoms. The highest BCUT2D eigenvalue weighted by Gasteiger charge is 2.24. The van der Waals surface area contributed by atoms with Gasteiger partial charge in [-0.3, -0.25) is 14.5 Å². The van der Waals surface area contributed by atoms with Gasteiger partial charge in [-0.05, 0) is 48.0 Å². The minimum Gasteiger partial charge on any atom is -0.336 e. The molecule has 0 saturated carbocycles. The van der Waals surface area contributed by atoms with Crippen molar-refractivity contribution in [3.05, 3.63) is 100 Å². The highest BCUT2D eigenvalue weighted by molar-refractivity contribution is 6.33. The van der Waals surface area contributed by atoms with Gasteiger partial charge in [-0.1, -0.05) is 41.9 Å². The molecule has 1 N–H and O–H groups in total. The Morgan fingerprint density at radius 2 is 1.66 bits per heavy atom. The maximum absolute atomic E-state index is 13.3. The molecular weight excluding hydrogens is 429 g/mol. The number of nitrogens with zero attached hydrogens (tertiary/aromatic N) is 2. The summed E-state index contributed by atoms with van der Waals surface area (Å²) < 4.78 is 13.3. The van der Waals surface area contributed by atoms with E-state index in [9.17, 15) is 14.0 Å². The minimum atomic E-state index is -0.462. The summed E-state index contributed by atoms with van der Waals surface area (Å²) in [5, 5.41) is 3.03. The van der Waals surface area contributed by atoms with Crippen LogP contribution < -0.4 is 5.32 Å². The number of benzene rings is 3. The summed E-state index contributed by atoms with van der Waals surface area (Å²) in [6.45, 7) is 3.20. The zero-order valence-electron chi connectivity index (χ0n) is 17.4. The number of carbonyl (C=O) groups excluding carboxylic acids is 2. The molecule has 7 heteroatoms. The fraction of sp³-hybridized carbons (Fsp3) is 0.200. The summed E-state index contributed by atoms with van der Waals surface area (Å²) in [4.78, 5) is 29.3. The van der Waals surface area contributed by atoms with E-state index in [0.29, 0.717) is 43.9 Å². The maximum atomic E-state index is 13.3. The Morgan fingerprint density at radius 3 is 2.38 bits per heavy atom. The minimum absolute atomic E-state index is 0.128. The molecule has 0 spiro atoms. The number of hydrogen-bond acceptors (Lipinski definition) is 3. The van der Waals surface area contributed by atoms with Crippen LogP contribution in [0.4, 0.5) is 10.1 Å². The second-order valence-corrected chi connectivity index (χ2v) is 8.12. The molecule has 0 aromatic heterocycles. The molecule has 164 valence electrons. The van der Waals surface area contributed by atoms with Gasteiger partial charge in [0.2, 0.25) is 0 Å². The van der Waals surface area contributed by atoms with E-state index in [1.165, 1.54) is 12.1 Å². The molecule has 0 unspecified atom stereocenters. The van der Waals surface area contributed by atoms with Gasteiger partial charge in [0.25, 0.3) is 11.8 Å². The molecule has 1 fully saturated rings. The van der Waals surface area contributed by atoms with Crippen LogP contribution in [0.2, 0.25) is 5.02 Å². The first-order chi connectivity index (χ1) is 15.5. The predicted octanol–water partition coefficient (Wildman–Crippen LogP) is 4.69. The molecular formula is C25H23ClFN3O2. The molecule has 3 aromatic rings. The molecule has 0 atom stereocenters. The van der Waals surface area contributed by atoms with Crippen LogP contribution in [0, 0.1) is 5.82 Å². The van der Waals surface area contributed by atoms with E-state index in [1.807, 2.05) is 48.5 Å². The van der Waals surface area contributed by atoms with Gasteiger partial charge < -0.3 is 10.2 Å². The second kappa shape index (κ2) is 9.94. The van der Waals surface area contributed by atoms with Gasteiger partial charge in [0.15, 0.2) is 0 Å². The van der Waals surface area contributed by atoms with E-state index in [1.54, 1.807) is 11.0 Å². The molecule has 1 saturated heterocycles. The van der Waals surface area contributed by atoms with Gasteiger partial charge in [-0.15, -0.1) is 0 Å². The van der Waals surface area contributed by atoms with Crippen molar-refractivity contribution in [1.29, 1.82) is 0 Å². The highest BCUT2D eigenvalue weighted by atomic mass is 35.5. The molecule has 1 aliphatic rings. The lowest BCUT2D eigenvalue weighted by Crippen LogP contribution is -2.48. The first-order valence-electron chi connectivity index (χ1n) is 10.4. The van der Waals surface area contributed by atoms with Crippen molar-refractivity contribution in [1.82, 2.24) is 9.80 Å². The maximum Gasteiger partial charge on any atom is 0.255 e. The number of hydrogen-bond donors (Lipinski definition) is 1. The van der Waals surface area contributed by atoms with Crippen molar-refractivity contribution >= 4 is 29.1 Å². The quantitative estimate of drug-likeness (QED) is 0.612. The van der Waals surface area contributed by atoms with Crippen LogP contribution in [0.5, 0.6) is 0 Å². The second-order valence-electron chi connectivity index (χ2n) is 7.71. The van der Waals surface area contributed by atoms with E-state index in [0.717, 1.165) is 17.3 Å². The Bertz CT molecular complexity index is 1120. The Hall–Kier alpha value is -3.22. The monoisotopic (exact) mass is 451 g/mol. The number of amides is 2. The standard InChI is InChI=1S/C25H23ClFN3O2/c26-23-16-20(27)9-10-22(23)25(32)30-13-11-29(12-14-30)17-18-5-4-6-19(15-18)24(31)28-21-7-2-1-3-8-21/h1-10,15-16H,11-14,17H2,(H,28,31). The van der Waals surface area contributed by atoms with Crippen LogP contribution in [0.15, 0.2) is 72.8 Å². The molecule has 0 aliphatic carbocycles. The number of rotatable bonds is 5. The van der Waals surface area contributed by atoms with E-state index in [2.05, 4.69) is 10.2 Å². The summed E-state index contributed by atoms with van der Waals surface area (Å²) in [6, 6.07) is 20.8. The average Bonchev–Trinajstić information content (AvgIpc) is 2.80. The van der Waals surface area contributed by atoms with Gasteiger partial charge in [-0.2, -0.15) is 0 Å². The Morgan fingerprint density at radius 1 is 0.906 bits per heavy atom. The number of carbonyl (C=O) groups is 2. The summed E-state index contributed by atoms with van der Waals surface area (Å²) in [7, 11) is 0. The smallest absolute Gasteiger partial charge is 0.255 e. The first-order valence-corrected chi connectivity index (χ1v) is 10.8. The summed E-state index contributed by atoms with van der Waals surface area (Å²) in [6.07, 6.45) is 0. The lowest BCUT2D eigenvalue weighted by atomic mass is 10.1. The summed E-state index contributed by atoms with van der Waals surface area (Å²) >= 11 is 6.04. The van der Waals surface area contributed by atoms with Crippen molar-refractivity contribution in [3.8, 4) is 0 Å². The van der Waals surface area contributed by atoms with Crippen molar-refractivity contribution in [2.45, 2.75) is 6.54 Å². The largest absolute Gasteiger partial charge is 0.336 e. The zero-order valence-corrected chi connectivity index (χ0v) is 18.2. The van der Waals surface area contributed by atoms with Crippen LogP contribution in [0.1, 0.15) is 26.3 Å². The zero-order chi connectivity index (χ0) is 22.5. The van der Waals surface area contributed by atoms with Crippen molar-refractivity contribution in [2.75, 3.05) is 31.5 Å².